The molecule has 3 heterocycles. The van der Waals surface area contributed by atoms with Crippen molar-refractivity contribution in [1.29, 1.82) is 0 Å². The Kier molecular flexibility index (Phi) is 20.0. The lowest BCUT2D eigenvalue weighted by Gasteiger charge is -2.53. The number of carbonyl (C=O) groups excluding carboxylic acids is 1. The van der Waals surface area contributed by atoms with Crippen LogP contribution in [0.25, 0.3) is 0 Å². The Labute approximate surface area is 406 Å². The number of anilines is 1. The van der Waals surface area contributed by atoms with Gasteiger partial charge in [-0.15, -0.1) is 0 Å². The van der Waals surface area contributed by atoms with Crippen molar-refractivity contribution in [3.8, 4) is 0 Å². The third-order valence-corrected chi connectivity index (χ3v) is 16.2. The van der Waals surface area contributed by atoms with Crippen LogP contribution in [-0.4, -0.2) is 168 Å². The van der Waals surface area contributed by atoms with Gasteiger partial charge in [0.1, 0.15) is 35.1 Å². The summed E-state index contributed by atoms with van der Waals surface area (Å²) in [5, 5.41) is 66.5. The van der Waals surface area contributed by atoms with Crippen LogP contribution in [0.4, 0.5) is 18.9 Å². The van der Waals surface area contributed by atoms with Gasteiger partial charge >= 0.3 is 22.4 Å². The summed E-state index contributed by atoms with van der Waals surface area (Å²) in [4.78, 5) is 14.5. The number of nitrogens with zero attached hydrogens (tertiary/aromatic N) is 1. The van der Waals surface area contributed by atoms with Crippen LogP contribution in [0.2, 0.25) is 0 Å². The highest BCUT2D eigenvalue weighted by Crippen LogP contribution is 2.43. The minimum Gasteiger partial charge on any atom is -0.459 e. The van der Waals surface area contributed by atoms with Crippen molar-refractivity contribution in [2.45, 2.75) is 204 Å². The number of nitrogens with one attached hydrogen (secondary N) is 3. The summed E-state index contributed by atoms with van der Waals surface area (Å²) in [5.41, 5.74) is -7.68. The van der Waals surface area contributed by atoms with Crippen molar-refractivity contribution in [2.24, 2.45) is 17.8 Å². The second-order valence-corrected chi connectivity index (χ2v) is 22.2. The van der Waals surface area contributed by atoms with E-state index in [1.807, 2.05) is 13.8 Å². The van der Waals surface area contributed by atoms with Crippen molar-refractivity contribution in [2.75, 3.05) is 38.5 Å². The van der Waals surface area contributed by atoms with Crippen molar-refractivity contribution in [3.63, 3.8) is 0 Å². The van der Waals surface area contributed by atoms with Crippen LogP contribution in [0.5, 0.6) is 0 Å². The molecule has 3 saturated heterocycles. The van der Waals surface area contributed by atoms with E-state index in [4.69, 9.17) is 28.4 Å². The zero-order chi connectivity index (χ0) is 52.2. The Hall–Kier alpha value is -2.29. The number of carbonyl (C=O) groups is 1. The molecular formula is C47H81F3N4O14S. The molecule has 400 valence electrons. The van der Waals surface area contributed by atoms with E-state index in [9.17, 15) is 51.9 Å². The smallest absolute Gasteiger partial charge is 0.416 e. The van der Waals surface area contributed by atoms with Gasteiger partial charge < -0.3 is 64.6 Å². The third kappa shape index (κ3) is 13.7. The molecule has 0 bridgehead atoms. The monoisotopic (exact) mass is 1010 g/mol. The largest absolute Gasteiger partial charge is 0.459 e. The minimum atomic E-state index is -4.64. The van der Waals surface area contributed by atoms with Crippen molar-refractivity contribution < 1.29 is 80.3 Å². The maximum absolute atomic E-state index is 14.5. The van der Waals surface area contributed by atoms with Gasteiger partial charge in [-0.1, -0.05) is 27.7 Å². The van der Waals surface area contributed by atoms with E-state index in [0.29, 0.717) is 6.54 Å². The van der Waals surface area contributed by atoms with Gasteiger partial charge in [-0.05, 0) is 117 Å². The lowest BCUT2D eigenvalue weighted by atomic mass is 9.75. The van der Waals surface area contributed by atoms with Crippen molar-refractivity contribution in [1.82, 2.24) is 14.9 Å². The van der Waals surface area contributed by atoms with Crippen LogP contribution < -0.4 is 15.4 Å². The van der Waals surface area contributed by atoms with E-state index in [1.165, 1.54) is 28.0 Å². The molecule has 4 rings (SSSR count). The van der Waals surface area contributed by atoms with Crippen molar-refractivity contribution in [3.05, 3.63) is 29.8 Å². The summed E-state index contributed by atoms with van der Waals surface area (Å²) in [6, 6.07) is 1.48. The number of aliphatic hydroxyl groups is 5. The zero-order valence-corrected chi connectivity index (χ0v) is 43.3. The molecular weight excluding hydrogens is 934 g/mol. The number of hydrogen-bond acceptors (Lipinski definition) is 16. The molecule has 0 amide bonds. The summed E-state index contributed by atoms with van der Waals surface area (Å²) in [7, 11) is -1.86. The first-order chi connectivity index (χ1) is 31.8. The molecule has 0 aliphatic carbocycles. The molecule has 0 spiro atoms. The van der Waals surface area contributed by atoms with Gasteiger partial charge in [0.25, 0.3) is 0 Å². The lowest BCUT2D eigenvalue weighted by Crippen LogP contribution is -2.70. The first-order valence-electron chi connectivity index (χ1n) is 24.1. The number of hydrogen-bond donors (Lipinski definition) is 8. The summed E-state index contributed by atoms with van der Waals surface area (Å²) in [6.45, 7) is 19.4. The Morgan fingerprint density at radius 3 is 2.14 bits per heavy atom. The van der Waals surface area contributed by atoms with Gasteiger partial charge in [0.15, 0.2) is 12.6 Å². The fourth-order valence-electron chi connectivity index (χ4n) is 10.2. The summed E-state index contributed by atoms with van der Waals surface area (Å²) in [6.07, 6.45) is -15.1. The maximum atomic E-state index is 14.5. The van der Waals surface area contributed by atoms with Gasteiger partial charge in [-0.25, -0.2) is 0 Å². The number of alkyl halides is 3. The molecule has 18 nitrogen and oxygen atoms in total. The van der Waals surface area contributed by atoms with Gasteiger partial charge in [-0.2, -0.15) is 25.9 Å². The van der Waals surface area contributed by atoms with Gasteiger partial charge in [-0.3, -0.25) is 9.52 Å². The highest BCUT2D eigenvalue weighted by molar-refractivity contribution is 7.90. The lowest BCUT2D eigenvalue weighted by molar-refractivity contribution is -0.336. The molecule has 0 radical (unpaired) electrons. The Balaban J connectivity index is 1.79. The van der Waals surface area contributed by atoms with Crippen molar-refractivity contribution >= 4 is 21.9 Å². The van der Waals surface area contributed by atoms with Crippen LogP contribution in [0, 0.1) is 17.8 Å². The molecule has 3 aliphatic heterocycles. The number of ether oxygens (including phenoxy) is 6. The molecule has 18 atom stereocenters. The minimum absolute atomic E-state index is 0.0149. The molecule has 0 saturated carbocycles. The van der Waals surface area contributed by atoms with E-state index in [2.05, 4.69) is 15.4 Å². The molecule has 3 aliphatic rings. The number of esters is 1. The highest BCUT2D eigenvalue weighted by atomic mass is 32.2. The van der Waals surface area contributed by atoms with Crippen LogP contribution in [0.1, 0.15) is 114 Å². The Morgan fingerprint density at radius 2 is 1.58 bits per heavy atom. The first-order valence-corrected chi connectivity index (χ1v) is 25.5. The predicted molar refractivity (Wildman–Crippen MR) is 250 cm³/mol. The van der Waals surface area contributed by atoms with Crippen LogP contribution >= 0.6 is 0 Å². The normalized spacial score (nSPS) is 41.5. The standard InChI is InChI=1S/C47H81F3N4O14S/c1-14-20-51-25-46(60)31(8)65-36(23-44(46,10)63-13)67-38-28(5)40(43(9,58)22-26(3)24-52-30(7)39(56)45(11,59)35(15-2)66-41(57)29(38)6)68-42-37(55)34(21-27(4)64-42)54(12)69(61,62)53-33-18-16-32(17-19-33)47(48,49)50/h16-19,26-31,34-40,42,51-53,55-56,58-60H,14-15,20-25H2,1-13H3/t26-,27+,28+,29-,30-,31+,34+,35-,36+,37-,38+,39-,40-,42+,43-,44-,45-,46+/m1/s1. The number of methoxy groups -OCH3 is 1. The van der Waals surface area contributed by atoms with E-state index < -0.39 is 130 Å². The summed E-state index contributed by atoms with van der Waals surface area (Å²) >= 11 is 0. The van der Waals surface area contributed by atoms with Gasteiger partial charge in [0.05, 0.1) is 47.5 Å². The Bertz CT molecular complexity index is 1920. The molecule has 1 aromatic rings. The van der Waals surface area contributed by atoms with Gasteiger partial charge in [0, 0.05) is 44.8 Å². The average molecular weight is 1020 g/mol. The number of cyclic esters (lactones) is 1. The van der Waals surface area contributed by atoms with Crippen LogP contribution in [0.15, 0.2) is 24.3 Å². The van der Waals surface area contributed by atoms with Crippen LogP contribution in [0.3, 0.4) is 0 Å². The van der Waals surface area contributed by atoms with Crippen LogP contribution in [-0.2, 0) is 49.6 Å². The topological polar surface area (TPSA) is 247 Å². The van der Waals surface area contributed by atoms with E-state index in [1.54, 1.807) is 48.5 Å². The molecule has 0 aromatic heterocycles. The molecule has 8 N–H and O–H groups in total. The fourth-order valence-corrected chi connectivity index (χ4v) is 11.3. The number of rotatable bonds is 14. The SMILES string of the molecule is CCCNC[C@]1(O)[C@H](C)O[C@@H](O[C@H]2[C@H](C)[C@@H](O[C@@H]3O[C@@H](C)C[C@H](N(C)S(=O)(=O)Nc4ccc(C(F)(F)F)cc4)[C@H]3O)[C@](C)(O)C[C@@H](C)CN[C@H](C)[C@@H](O)[C@](C)(O)[C@@H](CC)OC(=O)[C@@H]2C)C[C@@]1(C)OC. The molecule has 3 fully saturated rings. The third-order valence-electron chi connectivity index (χ3n) is 14.7. The molecule has 0 unspecified atom stereocenters. The number of halogens is 3. The summed E-state index contributed by atoms with van der Waals surface area (Å²) in [5.74, 6) is -3.41. The quantitative estimate of drug-likeness (QED) is 0.0979. The van der Waals surface area contributed by atoms with E-state index in [0.717, 1.165) is 35.0 Å². The predicted octanol–water partition coefficient (Wildman–Crippen LogP) is 3.67. The van der Waals surface area contributed by atoms with Gasteiger partial charge in [0.2, 0.25) is 0 Å². The highest BCUT2D eigenvalue weighted by Gasteiger charge is 2.58. The number of benzene rings is 1. The second kappa shape index (κ2) is 23.3. The number of aliphatic hydroxyl groups excluding tert-OH is 2. The average Bonchev–Trinajstić information content (AvgIpc) is 3.26. The first kappa shape index (κ1) is 59.3. The molecule has 69 heavy (non-hydrogen) atoms. The van der Waals surface area contributed by atoms with E-state index >= 15 is 0 Å². The van der Waals surface area contributed by atoms with E-state index in [-0.39, 0.29) is 50.4 Å². The molecule has 1 aromatic carbocycles. The number of likely N-dealkylation sites (N-methyl/N-ethyl adjacent to an activating group) is 1. The Morgan fingerprint density at radius 1 is 0.957 bits per heavy atom. The maximum Gasteiger partial charge on any atom is 0.416 e. The fraction of sp³-hybridized carbons (Fsp3) is 0.851. The second-order valence-electron chi connectivity index (χ2n) is 20.4. The summed E-state index contributed by atoms with van der Waals surface area (Å²) < 4.78 is 109. The molecule has 22 heteroatoms. The zero-order valence-electron chi connectivity index (χ0n) is 42.4.